The van der Waals surface area contributed by atoms with Gasteiger partial charge in [-0.15, -0.1) is 0 Å². The van der Waals surface area contributed by atoms with E-state index in [1.807, 2.05) is 43.3 Å². The van der Waals surface area contributed by atoms with Crippen molar-refractivity contribution in [1.82, 2.24) is 0 Å². The standard InChI is InChI=1S/C20H22BrNO4/c1-22(2)14-8-6-13(7-9-14)12-16(21)18(23)15-10-11-17(24-3)20(26-5)19(15)25-4/h6-12H,1-5H3/b16-12-. The molecule has 0 unspecified atom stereocenters. The van der Waals surface area contributed by atoms with E-state index in [1.165, 1.54) is 21.3 Å². The maximum Gasteiger partial charge on any atom is 0.204 e. The fraction of sp³-hybridized carbons (Fsp3) is 0.250. The van der Waals surface area contributed by atoms with Gasteiger partial charge in [0.1, 0.15) is 0 Å². The van der Waals surface area contributed by atoms with Crippen LogP contribution in [-0.4, -0.2) is 41.2 Å². The molecule has 0 bridgehead atoms. The van der Waals surface area contributed by atoms with Crippen LogP contribution in [0.4, 0.5) is 5.69 Å². The predicted molar refractivity (Wildman–Crippen MR) is 108 cm³/mol. The Morgan fingerprint density at radius 1 is 0.923 bits per heavy atom. The molecule has 2 aromatic rings. The molecule has 0 amide bonds. The van der Waals surface area contributed by atoms with Gasteiger partial charge in [0, 0.05) is 19.8 Å². The fourth-order valence-electron chi connectivity index (χ4n) is 2.49. The Balaban J connectivity index is 2.38. The molecule has 0 fully saturated rings. The first-order valence-corrected chi connectivity index (χ1v) is 8.70. The van der Waals surface area contributed by atoms with Gasteiger partial charge in [-0.2, -0.15) is 0 Å². The zero-order valence-electron chi connectivity index (χ0n) is 15.5. The quantitative estimate of drug-likeness (QED) is 0.491. The molecule has 2 rings (SSSR count). The summed E-state index contributed by atoms with van der Waals surface area (Å²) in [5, 5.41) is 0. The lowest BCUT2D eigenvalue weighted by molar-refractivity contribution is 0.104. The van der Waals surface area contributed by atoms with Crippen molar-refractivity contribution < 1.29 is 19.0 Å². The Morgan fingerprint density at radius 2 is 1.54 bits per heavy atom. The first-order chi connectivity index (χ1) is 12.4. The van der Waals surface area contributed by atoms with Crippen LogP contribution in [0.25, 0.3) is 6.08 Å². The van der Waals surface area contributed by atoms with Gasteiger partial charge in [0.25, 0.3) is 0 Å². The van der Waals surface area contributed by atoms with E-state index in [0.717, 1.165) is 11.3 Å². The van der Waals surface area contributed by atoms with Gasteiger partial charge in [-0.3, -0.25) is 4.79 Å². The molecule has 0 N–H and O–H groups in total. The van der Waals surface area contributed by atoms with Crippen LogP contribution in [-0.2, 0) is 0 Å². The zero-order valence-corrected chi connectivity index (χ0v) is 17.1. The van der Waals surface area contributed by atoms with Crippen molar-refractivity contribution in [2.75, 3.05) is 40.3 Å². The second-order valence-corrected chi connectivity index (χ2v) is 6.54. The molecule has 26 heavy (non-hydrogen) atoms. The van der Waals surface area contributed by atoms with E-state index in [9.17, 15) is 4.79 Å². The van der Waals surface area contributed by atoms with Crippen LogP contribution in [0.15, 0.2) is 40.9 Å². The van der Waals surface area contributed by atoms with E-state index in [-0.39, 0.29) is 5.78 Å². The molecule has 0 spiro atoms. The minimum atomic E-state index is -0.209. The minimum absolute atomic E-state index is 0.209. The Kier molecular flexibility index (Phi) is 6.69. The topological polar surface area (TPSA) is 48.0 Å². The predicted octanol–water partition coefficient (Wildman–Crippen LogP) is 4.40. The minimum Gasteiger partial charge on any atom is -0.493 e. The number of ether oxygens (including phenoxy) is 3. The van der Waals surface area contributed by atoms with Crippen LogP contribution in [0.2, 0.25) is 0 Å². The lowest BCUT2D eigenvalue weighted by atomic mass is 10.1. The van der Waals surface area contributed by atoms with Crippen molar-refractivity contribution in [2.45, 2.75) is 0 Å². The second-order valence-electron chi connectivity index (χ2n) is 5.69. The highest BCUT2D eigenvalue weighted by Crippen LogP contribution is 2.41. The van der Waals surface area contributed by atoms with E-state index in [1.54, 1.807) is 18.2 Å². The number of rotatable bonds is 7. The number of hydrogen-bond acceptors (Lipinski definition) is 5. The molecule has 5 nitrogen and oxygen atoms in total. The number of methoxy groups -OCH3 is 3. The summed E-state index contributed by atoms with van der Waals surface area (Å²) in [5.74, 6) is 1.02. The van der Waals surface area contributed by atoms with Crippen LogP contribution in [0, 0.1) is 0 Å². The normalized spacial score (nSPS) is 11.1. The fourth-order valence-corrected chi connectivity index (χ4v) is 2.97. The summed E-state index contributed by atoms with van der Waals surface area (Å²) in [6.45, 7) is 0. The number of Topliss-reactive ketones (excluding diaryl/α,β-unsaturated/α-hetero) is 1. The molecule has 138 valence electrons. The summed E-state index contributed by atoms with van der Waals surface area (Å²) in [6.07, 6.45) is 1.78. The van der Waals surface area contributed by atoms with Gasteiger partial charge in [0.05, 0.1) is 31.4 Å². The van der Waals surface area contributed by atoms with Crippen molar-refractivity contribution >= 4 is 33.5 Å². The molecule has 0 heterocycles. The summed E-state index contributed by atoms with van der Waals surface area (Å²) in [4.78, 5) is 14.9. The lowest BCUT2D eigenvalue weighted by Crippen LogP contribution is -2.08. The number of anilines is 1. The van der Waals surface area contributed by atoms with Crippen LogP contribution in [0.1, 0.15) is 15.9 Å². The number of allylic oxidation sites excluding steroid dienone is 1. The van der Waals surface area contributed by atoms with Gasteiger partial charge in [0.2, 0.25) is 11.5 Å². The van der Waals surface area contributed by atoms with Crippen molar-refractivity contribution in [3.8, 4) is 17.2 Å². The Hall–Kier alpha value is -2.47. The van der Waals surface area contributed by atoms with Crippen molar-refractivity contribution in [3.05, 3.63) is 52.0 Å². The Bertz CT molecular complexity index is 813. The van der Waals surface area contributed by atoms with Gasteiger partial charge in [-0.25, -0.2) is 0 Å². The monoisotopic (exact) mass is 419 g/mol. The second kappa shape index (κ2) is 8.76. The van der Waals surface area contributed by atoms with Crippen molar-refractivity contribution in [1.29, 1.82) is 0 Å². The largest absolute Gasteiger partial charge is 0.493 e. The summed E-state index contributed by atoms with van der Waals surface area (Å²) in [5.41, 5.74) is 2.39. The van der Waals surface area contributed by atoms with E-state index in [2.05, 4.69) is 15.9 Å². The van der Waals surface area contributed by atoms with Crippen molar-refractivity contribution in [2.24, 2.45) is 0 Å². The highest BCUT2D eigenvalue weighted by molar-refractivity contribution is 9.12. The highest BCUT2D eigenvalue weighted by atomic mass is 79.9. The SMILES string of the molecule is COc1ccc(C(=O)/C(Br)=C/c2ccc(N(C)C)cc2)c(OC)c1OC. The van der Waals surface area contributed by atoms with Gasteiger partial charge in [-0.1, -0.05) is 12.1 Å². The lowest BCUT2D eigenvalue weighted by Gasteiger charge is -2.15. The molecule has 0 atom stereocenters. The molecule has 0 aliphatic rings. The molecule has 6 heteroatoms. The maximum absolute atomic E-state index is 12.9. The molecular formula is C20H22BrNO4. The van der Waals surface area contributed by atoms with Crippen molar-refractivity contribution in [3.63, 3.8) is 0 Å². The van der Waals surface area contributed by atoms with E-state index < -0.39 is 0 Å². The third-order valence-corrected chi connectivity index (χ3v) is 4.46. The first kappa shape index (κ1) is 19.8. The molecule has 0 aromatic heterocycles. The van der Waals surface area contributed by atoms with Crippen LogP contribution in [0.5, 0.6) is 17.2 Å². The number of hydrogen-bond donors (Lipinski definition) is 0. The number of benzene rings is 2. The summed E-state index contributed by atoms with van der Waals surface area (Å²) < 4.78 is 16.4. The highest BCUT2D eigenvalue weighted by Gasteiger charge is 2.22. The number of carbonyl (C=O) groups is 1. The maximum atomic E-state index is 12.9. The zero-order chi connectivity index (χ0) is 19.3. The molecule has 0 aliphatic carbocycles. The van der Waals surface area contributed by atoms with Crippen LogP contribution < -0.4 is 19.1 Å². The molecule has 0 aliphatic heterocycles. The summed E-state index contributed by atoms with van der Waals surface area (Å²) in [7, 11) is 8.49. The van der Waals surface area contributed by atoms with Gasteiger partial charge < -0.3 is 19.1 Å². The van der Waals surface area contributed by atoms with E-state index in [0.29, 0.717) is 27.3 Å². The molecule has 0 saturated carbocycles. The Morgan fingerprint density at radius 3 is 2.04 bits per heavy atom. The number of halogens is 1. The average molecular weight is 420 g/mol. The van der Waals surface area contributed by atoms with Gasteiger partial charge in [-0.05, 0) is 51.8 Å². The van der Waals surface area contributed by atoms with E-state index >= 15 is 0 Å². The van der Waals surface area contributed by atoms with Gasteiger partial charge in [0.15, 0.2) is 11.5 Å². The third-order valence-electron chi connectivity index (χ3n) is 3.87. The first-order valence-electron chi connectivity index (χ1n) is 7.91. The van der Waals surface area contributed by atoms with Gasteiger partial charge >= 0.3 is 0 Å². The average Bonchev–Trinajstić information content (AvgIpc) is 2.66. The van der Waals surface area contributed by atoms with Crippen LogP contribution >= 0.6 is 15.9 Å². The number of ketones is 1. The Labute approximate surface area is 162 Å². The molecule has 0 radical (unpaired) electrons. The summed E-state index contributed by atoms with van der Waals surface area (Å²) >= 11 is 3.38. The molecule has 0 saturated heterocycles. The smallest absolute Gasteiger partial charge is 0.204 e. The molecular weight excluding hydrogens is 398 g/mol. The van der Waals surface area contributed by atoms with Crippen LogP contribution in [0.3, 0.4) is 0 Å². The summed E-state index contributed by atoms with van der Waals surface area (Å²) in [6, 6.07) is 11.2. The molecule has 2 aromatic carbocycles. The number of carbonyl (C=O) groups excluding carboxylic acids is 1. The number of nitrogens with zero attached hydrogens (tertiary/aromatic N) is 1. The van der Waals surface area contributed by atoms with E-state index in [4.69, 9.17) is 14.2 Å². The third kappa shape index (κ3) is 4.19.